The van der Waals surface area contributed by atoms with Crippen molar-refractivity contribution in [1.29, 1.82) is 0 Å². The maximum atomic E-state index is 12.7. The largest absolute Gasteiger partial charge is 0.472 e. The van der Waals surface area contributed by atoms with E-state index in [4.69, 9.17) is 14.8 Å². The van der Waals surface area contributed by atoms with E-state index in [0.29, 0.717) is 12.8 Å². The first-order valence-corrected chi connectivity index (χ1v) is 18.7. The Morgan fingerprint density at radius 3 is 1.89 bits per heavy atom. The zero-order chi connectivity index (χ0) is 32.7. The highest BCUT2D eigenvalue weighted by molar-refractivity contribution is 7.47. The molecule has 0 aromatic rings. The summed E-state index contributed by atoms with van der Waals surface area (Å²) < 4.78 is 21.9. The Kier molecular flexibility index (Phi) is 29.4. The van der Waals surface area contributed by atoms with E-state index in [9.17, 15) is 24.5 Å². The molecular formula is C34H65N2O7P. The minimum absolute atomic E-state index is 0.0412. The lowest BCUT2D eigenvalue weighted by Crippen LogP contribution is -2.46. The Morgan fingerprint density at radius 2 is 1.30 bits per heavy atom. The van der Waals surface area contributed by atoms with Gasteiger partial charge in [0, 0.05) is 6.54 Å². The number of allylic oxidation sites excluding steroid dienone is 5. The standard InChI is InChI=1S/C34H65N2O7P/c1-3-5-7-9-11-13-15-17-19-21-23-25-31(37)29-34(39)36-32(30-43-44(40,41)42-28-27-35)33(38)26-24-22-20-18-16-14-12-10-8-6-4-2/h16-19,24,26,31-33,37-38H,3-15,20-23,25,27-30,35H2,1-2H3,(H,36,39)(H,40,41)/b18-16+,19-17-,26-24+. The Morgan fingerprint density at radius 1 is 0.773 bits per heavy atom. The summed E-state index contributed by atoms with van der Waals surface area (Å²) >= 11 is 0. The van der Waals surface area contributed by atoms with Gasteiger partial charge >= 0.3 is 7.82 Å². The Balaban J connectivity index is 4.62. The van der Waals surface area contributed by atoms with Crippen LogP contribution >= 0.6 is 7.82 Å². The van der Waals surface area contributed by atoms with Crippen LogP contribution in [0.25, 0.3) is 0 Å². The fourth-order valence-corrected chi connectivity index (χ4v) is 5.36. The van der Waals surface area contributed by atoms with Crippen molar-refractivity contribution >= 4 is 13.7 Å². The highest BCUT2D eigenvalue weighted by Crippen LogP contribution is 2.43. The normalized spacial score (nSPS) is 15.7. The molecule has 4 atom stereocenters. The van der Waals surface area contributed by atoms with E-state index < -0.39 is 38.6 Å². The molecule has 1 amide bonds. The summed E-state index contributed by atoms with van der Waals surface area (Å²) in [5, 5.41) is 23.7. The first kappa shape index (κ1) is 42.7. The molecule has 44 heavy (non-hydrogen) atoms. The minimum Gasteiger partial charge on any atom is -0.393 e. The summed E-state index contributed by atoms with van der Waals surface area (Å²) in [4.78, 5) is 22.5. The highest BCUT2D eigenvalue weighted by Gasteiger charge is 2.27. The van der Waals surface area contributed by atoms with Gasteiger partial charge in [0.2, 0.25) is 5.91 Å². The van der Waals surface area contributed by atoms with E-state index in [-0.39, 0.29) is 19.6 Å². The molecule has 0 heterocycles. The third kappa shape index (κ3) is 28.2. The summed E-state index contributed by atoms with van der Waals surface area (Å²) in [5.41, 5.74) is 5.32. The average Bonchev–Trinajstić information content (AvgIpc) is 2.99. The zero-order valence-corrected chi connectivity index (χ0v) is 28.6. The lowest BCUT2D eigenvalue weighted by molar-refractivity contribution is -0.124. The van der Waals surface area contributed by atoms with Crippen LogP contribution in [0.1, 0.15) is 136 Å². The topological polar surface area (TPSA) is 151 Å². The Labute approximate surface area is 268 Å². The number of hydrogen-bond donors (Lipinski definition) is 5. The molecule has 0 saturated heterocycles. The molecular weight excluding hydrogens is 579 g/mol. The molecule has 0 fully saturated rings. The van der Waals surface area contributed by atoms with Gasteiger partial charge in [-0.1, -0.05) is 108 Å². The number of hydrogen-bond acceptors (Lipinski definition) is 7. The molecule has 0 spiro atoms. The van der Waals surface area contributed by atoms with Crippen molar-refractivity contribution in [2.45, 2.75) is 154 Å². The van der Waals surface area contributed by atoms with Gasteiger partial charge in [0.25, 0.3) is 0 Å². The molecule has 6 N–H and O–H groups in total. The molecule has 4 unspecified atom stereocenters. The Hall–Kier alpha value is -1.32. The van der Waals surface area contributed by atoms with Crippen LogP contribution in [-0.2, 0) is 18.4 Å². The monoisotopic (exact) mass is 644 g/mol. The van der Waals surface area contributed by atoms with Crippen LogP contribution in [-0.4, -0.2) is 59.0 Å². The average molecular weight is 645 g/mol. The van der Waals surface area contributed by atoms with Crippen LogP contribution in [0.5, 0.6) is 0 Å². The van der Waals surface area contributed by atoms with Crippen LogP contribution < -0.4 is 11.1 Å². The van der Waals surface area contributed by atoms with Crippen LogP contribution in [0.2, 0.25) is 0 Å². The second-order valence-corrected chi connectivity index (χ2v) is 13.0. The van der Waals surface area contributed by atoms with Crippen molar-refractivity contribution in [3.05, 3.63) is 36.5 Å². The molecule has 258 valence electrons. The number of amides is 1. The van der Waals surface area contributed by atoms with Crippen molar-refractivity contribution < 1.29 is 33.5 Å². The predicted molar refractivity (Wildman–Crippen MR) is 181 cm³/mol. The lowest BCUT2D eigenvalue weighted by atomic mass is 10.1. The molecule has 0 bridgehead atoms. The molecule has 0 radical (unpaired) electrons. The van der Waals surface area contributed by atoms with Crippen LogP contribution in [0, 0.1) is 0 Å². The number of aliphatic hydroxyl groups excluding tert-OH is 2. The van der Waals surface area contributed by atoms with E-state index >= 15 is 0 Å². The number of nitrogens with two attached hydrogens (primary N) is 1. The second kappa shape index (κ2) is 30.3. The van der Waals surface area contributed by atoms with Crippen LogP contribution in [0.4, 0.5) is 0 Å². The lowest BCUT2D eigenvalue weighted by Gasteiger charge is -2.24. The van der Waals surface area contributed by atoms with E-state index in [2.05, 4.69) is 43.5 Å². The summed E-state index contributed by atoms with van der Waals surface area (Å²) in [5.74, 6) is -0.477. The van der Waals surface area contributed by atoms with E-state index in [1.807, 2.05) is 6.08 Å². The van der Waals surface area contributed by atoms with Crippen molar-refractivity contribution in [3.8, 4) is 0 Å². The highest BCUT2D eigenvalue weighted by atomic mass is 31.2. The van der Waals surface area contributed by atoms with Gasteiger partial charge in [0.15, 0.2) is 0 Å². The SMILES string of the molecule is CCCCCCC/C=C/CC/C=C/C(O)C(COP(=O)(O)OCCN)NC(=O)CC(O)CCC/C=C\CCCCCCCC. The van der Waals surface area contributed by atoms with Gasteiger partial charge < -0.3 is 26.2 Å². The van der Waals surface area contributed by atoms with Gasteiger partial charge in [-0.15, -0.1) is 0 Å². The molecule has 9 nitrogen and oxygen atoms in total. The van der Waals surface area contributed by atoms with Gasteiger partial charge in [-0.2, -0.15) is 0 Å². The van der Waals surface area contributed by atoms with Gasteiger partial charge in [0.05, 0.1) is 37.9 Å². The number of carbonyl (C=O) groups is 1. The van der Waals surface area contributed by atoms with Gasteiger partial charge in [0.1, 0.15) is 0 Å². The molecule has 0 rings (SSSR count). The number of unbranched alkanes of at least 4 members (excludes halogenated alkanes) is 13. The quantitative estimate of drug-likeness (QED) is 0.0297. The fraction of sp³-hybridized carbons (Fsp3) is 0.794. The second-order valence-electron chi connectivity index (χ2n) is 11.5. The minimum atomic E-state index is -4.40. The first-order chi connectivity index (χ1) is 21.3. The van der Waals surface area contributed by atoms with Crippen molar-refractivity contribution in [2.75, 3.05) is 19.8 Å². The van der Waals surface area contributed by atoms with Crippen molar-refractivity contribution in [2.24, 2.45) is 5.73 Å². The fourth-order valence-electron chi connectivity index (χ4n) is 4.60. The van der Waals surface area contributed by atoms with Gasteiger partial charge in [-0.05, 0) is 57.8 Å². The number of rotatable bonds is 31. The maximum absolute atomic E-state index is 12.7. The van der Waals surface area contributed by atoms with E-state index in [1.165, 1.54) is 70.6 Å². The molecule has 0 aromatic heterocycles. The maximum Gasteiger partial charge on any atom is 0.472 e. The first-order valence-electron chi connectivity index (χ1n) is 17.2. The molecule has 10 heteroatoms. The molecule has 0 aromatic carbocycles. The van der Waals surface area contributed by atoms with Gasteiger partial charge in [-0.25, -0.2) is 4.57 Å². The third-order valence-corrected chi connectivity index (χ3v) is 8.23. The Bertz CT molecular complexity index is 806. The third-order valence-electron chi connectivity index (χ3n) is 7.24. The number of phosphoric ester groups is 1. The smallest absolute Gasteiger partial charge is 0.393 e. The predicted octanol–water partition coefficient (Wildman–Crippen LogP) is 7.41. The molecule has 0 aliphatic rings. The number of carbonyl (C=O) groups excluding carboxylic acids is 1. The summed E-state index contributed by atoms with van der Waals surface area (Å²) in [6.45, 7) is 3.85. The van der Waals surface area contributed by atoms with Gasteiger partial charge in [-0.3, -0.25) is 13.8 Å². The van der Waals surface area contributed by atoms with E-state index in [0.717, 1.165) is 32.1 Å². The molecule has 0 aliphatic heterocycles. The van der Waals surface area contributed by atoms with Crippen molar-refractivity contribution in [1.82, 2.24) is 5.32 Å². The van der Waals surface area contributed by atoms with Crippen molar-refractivity contribution in [3.63, 3.8) is 0 Å². The van der Waals surface area contributed by atoms with Crippen LogP contribution in [0.15, 0.2) is 36.5 Å². The summed E-state index contributed by atoms with van der Waals surface area (Å²) in [6.07, 6.45) is 29.6. The number of aliphatic hydroxyl groups is 2. The summed E-state index contributed by atoms with van der Waals surface area (Å²) in [7, 11) is -4.40. The summed E-state index contributed by atoms with van der Waals surface area (Å²) in [6, 6.07) is -1.00. The van der Waals surface area contributed by atoms with Crippen LogP contribution in [0.3, 0.4) is 0 Å². The van der Waals surface area contributed by atoms with E-state index in [1.54, 1.807) is 6.08 Å². The zero-order valence-electron chi connectivity index (χ0n) is 27.8. The number of phosphoric acid groups is 1. The molecule has 0 aliphatic carbocycles. The number of nitrogens with one attached hydrogen (secondary N) is 1. The molecule has 0 saturated carbocycles.